The maximum atomic E-state index is 13.3. The highest BCUT2D eigenvalue weighted by Crippen LogP contribution is 2.58. The van der Waals surface area contributed by atoms with Crippen LogP contribution in [-0.2, 0) is 29.1 Å². The molecule has 2 aromatic carbocycles. The number of halogens is 1. The van der Waals surface area contributed by atoms with E-state index in [1.54, 1.807) is 36.4 Å². The highest BCUT2D eigenvalue weighted by molar-refractivity contribution is 7.89. The molecule has 0 spiro atoms. The fourth-order valence-electron chi connectivity index (χ4n) is 3.24. The third-order valence-corrected chi connectivity index (χ3v) is 6.80. The normalized spacial score (nSPS) is 20.3. The molecule has 1 saturated heterocycles. The van der Waals surface area contributed by atoms with Crippen LogP contribution in [0.4, 0.5) is 0 Å². The van der Waals surface area contributed by atoms with Gasteiger partial charge in [0.15, 0.2) is 0 Å². The summed E-state index contributed by atoms with van der Waals surface area (Å²) < 4.78 is 37.0. The van der Waals surface area contributed by atoms with Crippen LogP contribution in [0.15, 0.2) is 53.4 Å². The number of hydrogen-bond donors (Lipinski definition) is 0. The average Bonchev–Trinajstić information content (AvgIpc) is 3.40. The summed E-state index contributed by atoms with van der Waals surface area (Å²) in [5.41, 5.74) is -0.858. The number of aryl methyl sites for hydroxylation is 1. The third-order valence-electron chi connectivity index (χ3n) is 4.67. The lowest BCUT2D eigenvalue weighted by atomic mass is 9.99. The molecule has 1 aliphatic rings. The molecule has 28 heavy (non-hydrogen) atoms. The first-order valence-corrected chi connectivity index (χ1v) is 10.1. The summed E-state index contributed by atoms with van der Waals surface area (Å²) in [6.45, 7) is 1.82. The number of ether oxygens (including phenoxy) is 2. The molecule has 9 heteroatoms. The minimum Gasteiger partial charge on any atom is -0.467 e. The first-order valence-electron chi connectivity index (χ1n) is 8.24. The molecule has 148 valence electrons. The van der Waals surface area contributed by atoms with Crippen LogP contribution in [0.3, 0.4) is 0 Å². The number of benzene rings is 2. The summed E-state index contributed by atoms with van der Waals surface area (Å²) in [5, 5.41) is 0.430. The minimum absolute atomic E-state index is 0.0493. The Morgan fingerprint density at radius 2 is 1.46 bits per heavy atom. The van der Waals surface area contributed by atoms with Gasteiger partial charge in [-0.2, -0.15) is 4.31 Å². The van der Waals surface area contributed by atoms with Gasteiger partial charge in [0.05, 0.1) is 25.2 Å². The van der Waals surface area contributed by atoms with E-state index < -0.39 is 33.5 Å². The van der Waals surface area contributed by atoms with Crippen molar-refractivity contribution in [1.29, 1.82) is 0 Å². The molecule has 0 bridgehead atoms. The maximum Gasteiger partial charge on any atom is 0.341 e. The van der Waals surface area contributed by atoms with Crippen molar-refractivity contribution in [1.82, 2.24) is 4.31 Å². The van der Waals surface area contributed by atoms with Gasteiger partial charge in [0.25, 0.3) is 5.54 Å². The summed E-state index contributed by atoms with van der Waals surface area (Å²) in [6, 6.07) is 11.2. The molecule has 7 nitrogen and oxygen atoms in total. The first kappa shape index (κ1) is 20.3. The van der Waals surface area contributed by atoms with Gasteiger partial charge in [0.1, 0.15) is 0 Å². The summed E-state index contributed by atoms with van der Waals surface area (Å²) in [7, 11) is -2.04. The molecule has 1 fully saturated rings. The quantitative estimate of drug-likeness (QED) is 0.417. The fourth-order valence-corrected chi connectivity index (χ4v) is 5.21. The van der Waals surface area contributed by atoms with Gasteiger partial charge in [-0.3, -0.25) is 0 Å². The van der Waals surface area contributed by atoms with E-state index in [0.29, 0.717) is 10.6 Å². The summed E-state index contributed by atoms with van der Waals surface area (Å²) in [5.74, 6) is -2.04. The van der Waals surface area contributed by atoms with E-state index in [0.717, 1.165) is 24.1 Å². The van der Waals surface area contributed by atoms with Gasteiger partial charge < -0.3 is 9.47 Å². The Balaban J connectivity index is 2.20. The van der Waals surface area contributed by atoms with Gasteiger partial charge in [-0.05, 0) is 36.8 Å². The van der Waals surface area contributed by atoms with Gasteiger partial charge in [-0.25, -0.2) is 18.0 Å². The van der Waals surface area contributed by atoms with Crippen LogP contribution in [0.25, 0.3) is 0 Å². The van der Waals surface area contributed by atoms with Crippen LogP contribution in [0, 0.1) is 6.92 Å². The lowest BCUT2D eigenvalue weighted by molar-refractivity contribution is -0.157. The van der Waals surface area contributed by atoms with Crippen molar-refractivity contribution in [3.63, 3.8) is 0 Å². The van der Waals surface area contributed by atoms with E-state index in [4.69, 9.17) is 21.1 Å². The van der Waals surface area contributed by atoms with Crippen molar-refractivity contribution < 1.29 is 27.5 Å². The highest BCUT2D eigenvalue weighted by Gasteiger charge is 2.80. The van der Waals surface area contributed by atoms with Gasteiger partial charge in [0, 0.05) is 5.02 Å². The predicted octanol–water partition coefficient (Wildman–Crippen LogP) is 2.48. The first-order chi connectivity index (χ1) is 13.2. The number of esters is 2. The van der Waals surface area contributed by atoms with E-state index in [1.807, 2.05) is 6.92 Å². The van der Waals surface area contributed by atoms with Crippen LogP contribution in [0.5, 0.6) is 0 Å². The number of hydrogen-bond acceptors (Lipinski definition) is 6. The highest BCUT2D eigenvalue weighted by atomic mass is 35.5. The molecule has 2 unspecified atom stereocenters. The molecule has 0 saturated carbocycles. The molecule has 0 radical (unpaired) electrons. The smallest absolute Gasteiger partial charge is 0.341 e. The van der Waals surface area contributed by atoms with Crippen molar-refractivity contribution in [2.24, 2.45) is 0 Å². The molecule has 3 rings (SSSR count). The van der Waals surface area contributed by atoms with Crippen molar-refractivity contribution in [3.05, 3.63) is 64.7 Å². The fraction of sp³-hybridized carbons (Fsp3) is 0.263. The zero-order valence-corrected chi connectivity index (χ0v) is 17.0. The Bertz CT molecular complexity index is 1000. The number of sulfonamides is 1. The topological polar surface area (TPSA) is 89.8 Å². The molecule has 0 N–H and O–H groups in total. The molecule has 2 atom stereocenters. The molecule has 1 aliphatic heterocycles. The van der Waals surface area contributed by atoms with Crippen molar-refractivity contribution in [2.75, 3.05) is 14.2 Å². The van der Waals surface area contributed by atoms with Crippen LogP contribution in [0.2, 0.25) is 5.02 Å². The molecule has 0 aliphatic carbocycles. The number of nitrogens with zero attached hydrogens (tertiary/aromatic N) is 1. The van der Waals surface area contributed by atoms with E-state index >= 15 is 0 Å². The van der Waals surface area contributed by atoms with E-state index in [9.17, 15) is 18.0 Å². The molecule has 2 aromatic rings. The standard InChI is InChI=1S/C19H18ClNO6S/c1-12-4-10-15(11-5-12)28(24,25)21-16(13-6-8-14(20)9-7-13)19(21,17(22)26-2)18(23)27-3/h4-11,16H,1-3H3. The SMILES string of the molecule is COC(=O)C1(C(=O)OC)C(c2ccc(Cl)cc2)N1S(=O)(=O)c1ccc(C)cc1. The number of methoxy groups -OCH3 is 2. The molecule has 1 heterocycles. The number of carbonyl (C=O) groups excluding carboxylic acids is 2. The zero-order chi connectivity index (χ0) is 20.7. The summed E-state index contributed by atoms with van der Waals surface area (Å²) in [6.07, 6.45) is 0. The Kier molecular flexibility index (Phi) is 5.22. The Morgan fingerprint density at radius 1 is 0.964 bits per heavy atom. The van der Waals surface area contributed by atoms with E-state index in [2.05, 4.69) is 0 Å². The van der Waals surface area contributed by atoms with Crippen molar-refractivity contribution in [3.8, 4) is 0 Å². The monoisotopic (exact) mass is 423 g/mol. The van der Waals surface area contributed by atoms with Crippen LogP contribution in [0.1, 0.15) is 17.2 Å². The van der Waals surface area contributed by atoms with Crippen molar-refractivity contribution >= 4 is 33.6 Å². The van der Waals surface area contributed by atoms with Gasteiger partial charge >= 0.3 is 11.9 Å². The Morgan fingerprint density at radius 3 is 1.93 bits per heavy atom. The second kappa shape index (κ2) is 7.20. The Labute approximate surface area is 167 Å². The summed E-state index contributed by atoms with van der Waals surface area (Å²) >= 11 is 5.91. The summed E-state index contributed by atoms with van der Waals surface area (Å²) in [4.78, 5) is 25.2. The number of carbonyl (C=O) groups is 2. The molecular weight excluding hydrogens is 406 g/mol. The van der Waals surface area contributed by atoms with Gasteiger partial charge in [-0.15, -0.1) is 0 Å². The maximum absolute atomic E-state index is 13.3. The van der Waals surface area contributed by atoms with Gasteiger partial charge in [0.2, 0.25) is 10.0 Å². The molecule has 0 amide bonds. The number of rotatable bonds is 5. The zero-order valence-electron chi connectivity index (χ0n) is 15.4. The van der Waals surface area contributed by atoms with E-state index in [-0.39, 0.29) is 4.90 Å². The largest absolute Gasteiger partial charge is 0.467 e. The lowest BCUT2D eigenvalue weighted by Gasteiger charge is -2.13. The third kappa shape index (κ3) is 2.97. The molecule has 0 aromatic heterocycles. The van der Waals surface area contributed by atoms with Gasteiger partial charge in [-0.1, -0.05) is 41.4 Å². The predicted molar refractivity (Wildman–Crippen MR) is 101 cm³/mol. The van der Waals surface area contributed by atoms with Crippen molar-refractivity contribution in [2.45, 2.75) is 23.4 Å². The van der Waals surface area contributed by atoms with Crippen LogP contribution >= 0.6 is 11.6 Å². The minimum atomic E-state index is -4.21. The second-order valence-corrected chi connectivity index (χ2v) is 8.57. The lowest BCUT2D eigenvalue weighted by Crippen LogP contribution is -2.42. The van der Waals surface area contributed by atoms with Crippen LogP contribution < -0.4 is 0 Å². The average molecular weight is 424 g/mol. The van der Waals surface area contributed by atoms with E-state index in [1.165, 1.54) is 12.1 Å². The Hall–Kier alpha value is -2.42. The van der Waals surface area contributed by atoms with Crippen LogP contribution in [-0.4, -0.2) is 44.4 Å². The molecular formula is C19H18ClNO6S. The second-order valence-electron chi connectivity index (χ2n) is 6.32.